The number of pyridine rings is 1. The van der Waals surface area contributed by atoms with Crippen molar-refractivity contribution in [2.24, 2.45) is 0 Å². The summed E-state index contributed by atoms with van der Waals surface area (Å²) in [6.45, 7) is 3.96. The molecular weight excluding hydrogens is 256 g/mol. The van der Waals surface area contributed by atoms with Crippen LogP contribution in [-0.2, 0) is 0 Å². The third-order valence-corrected chi connectivity index (χ3v) is 2.93. The number of nitrogens with one attached hydrogen (secondary N) is 2. The average molecular weight is 272 g/mol. The summed E-state index contributed by atoms with van der Waals surface area (Å²) in [5.41, 5.74) is 3.05. The van der Waals surface area contributed by atoms with Gasteiger partial charge in [-0.2, -0.15) is 0 Å². The normalized spacial score (nSPS) is 10.2. The van der Waals surface area contributed by atoms with Crippen molar-refractivity contribution in [1.82, 2.24) is 4.98 Å². The van der Waals surface area contributed by atoms with E-state index in [1.165, 1.54) is 12.1 Å². The van der Waals surface area contributed by atoms with Gasteiger partial charge in [-0.3, -0.25) is 10.1 Å². The van der Waals surface area contributed by atoms with Crippen LogP contribution < -0.4 is 10.6 Å². The lowest BCUT2D eigenvalue weighted by Crippen LogP contribution is -2.01. The number of nitro groups is 1. The molecule has 0 bridgehead atoms. The van der Waals surface area contributed by atoms with E-state index in [2.05, 4.69) is 15.6 Å². The molecule has 0 saturated carbocycles. The summed E-state index contributed by atoms with van der Waals surface area (Å²) in [4.78, 5) is 14.8. The van der Waals surface area contributed by atoms with E-state index in [0.717, 1.165) is 16.8 Å². The number of nitrogens with zero attached hydrogens (tertiary/aromatic N) is 2. The van der Waals surface area contributed by atoms with Crippen LogP contribution in [0.4, 0.5) is 23.0 Å². The lowest BCUT2D eigenvalue weighted by atomic mass is 10.1. The third kappa shape index (κ3) is 3.03. The van der Waals surface area contributed by atoms with E-state index < -0.39 is 4.92 Å². The molecule has 0 aliphatic rings. The Morgan fingerprint density at radius 1 is 1.15 bits per heavy atom. The molecule has 0 atom stereocenters. The van der Waals surface area contributed by atoms with E-state index in [9.17, 15) is 10.1 Å². The molecule has 2 N–H and O–H groups in total. The van der Waals surface area contributed by atoms with Crippen molar-refractivity contribution < 1.29 is 4.92 Å². The molecule has 6 nitrogen and oxygen atoms in total. The molecule has 0 unspecified atom stereocenters. The summed E-state index contributed by atoms with van der Waals surface area (Å²) in [5.74, 6) is 0.893. The van der Waals surface area contributed by atoms with Gasteiger partial charge in [-0.25, -0.2) is 4.98 Å². The zero-order valence-corrected chi connectivity index (χ0v) is 11.6. The van der Waals surface area contributed by atoms with Gasteiger partial charge < -0.3 is 10.6 Å². The Labute approximate surface area is 117 Å². The van der Waals surface area contributed by atoms with Crippen LogP contribution in [0.25, 0.3) is 0 Å². The maximum absolute atomic E-state index is 10.9. The Hall–Kier alpha value is -2.63. The fraction of sp³-hybridized carbons (Fsp3) is 0.214. The number of hydrogen-bond acceptors (Lipinski definition) is 5. The molecule has 1 aromatic heterocycles. The molecule has 20 heavy (non-hydrogen) atoms. The summed E-state index contributed by atoms with van der Waals surface area (Å²) >= 11 is 0. The summed E-state index contributed by atoms with van der Waals surface area (Å²) in [6, 6.07) is 8.81. The minimum Gasteiger partial charge on any atom is -0.373 e. The number of hydrogen-bond donors (Lipinski definition) is 2. The van der Waals surface area contributed by atoms with Crippen molar-refractivity contribution in [1.29, 1.82) is 0 Å². The van der Waals surface area contributed by atoms with Gasteiger partial charge in [0.05, 0.1) is 17.1 Å². The van der Waals surface area contributed by atoms with Gasteiger partial charge in [0.15, 0.2) is 0 Å². The predicted octanol–water partition coefficient (Wildman–Crippen LogP) is 3.39. The van der Waals surface area contributed by atoms with Gasteiger partial charge in [0.2, 0.25) is 0 Å². The minimum atomic E-state index is -0.434. The summed E-state index contributed by atoms with van der Waals surface area (Å²) < 4.78 is 0. The van der Waals surface area contributed by atoms with Crippen LogP contribution >= 0.6 is 0 Å². The van der Waals surface area contributed by atoms with Crippen molar-refractivity contribution in [3.05, 3.63) is 51.6 Å². The molecular formula is C14H16N4O2. The van der Waals surface area contributed by atoms with Crippen LogP contribution in [0.5, 0.6) is 0 Å². The van der Waals surface area contributed by atoms with Gasteiger partial charge in [0.25, 0.3) is 5.69 Å². The predicted molar refractivity (Wildman–Crippen MR) is 79.6 cm³/mol. The summed E-state index contributed by atoms with van der Waals surface area (Å²) in [7, 11) is 1.67. The maximum Gasteiger partial charge on any atom is 0.276 e. The van der Waals surface area contributed by atoms with Crippen LogP contribution in [0.15, 0.2) is 30.3 Å². The average Bonchev–Trinajstić information content (AvgIpc) is 2.42. The van der Waals surface area contributed by atoms with Crippen LogP contribution in [0.2, 0.25) is 0 Å². The van der Waals surface area contributed by atoms with Crippen molar-refractivity contribution in [3.8, 4) is 0 Å². The number of rotatable bonds is 4. The zero-order valence-electron chi connectivity index (χ0n) is 11.6. The highest BCUT2D eigenvalue weighted by Gasteiger charge is 2.11. The first-order chi connectivity index (χ1) is 9.49. The molecule has 0 fully saturated rings. The molecule has 2 rings (SSSR count). The van der Waals surface area contributed by atoms with Crippen molar-refractivity contribution >= 4 is 23.0 Å². The van der Waals surface area contributed by atoms with E-state index in [1.54, 1.807) is 7.05 Å². The Morgan fingerprint density at radius 3 is 2.50 bits per heavy atom. The molecule has 6 heteroatoms. The lowest BCUT2D eigenvalue weighted by Gasteiger charge is -2.11. The Balaban J connectivity index is 2.39. The number of benzene rings is 1. The van der Waals surface area contributed by atoms with Crippen LogP contribution in [0.1, 0.15) is 11.1 Å². The van der Waals surface area contributed by atoms with Crippen LogP contribution in [-0.4, -0.2) is 17.0 Å². The highest BCUT2D eigenvalue weighted by molar-refractivity contribution is 5.65. The smallest absolute Gasteiger partial charge is 0.276 e. The molecule has 0 amide bonds. The fourth-order valence-corrected chi connectivity index (χ4v) is 1.82. The third-order valence-electron chi connectivity index (χ3n) is 2.93. The fourth-order valence-electron chi connectivity index (χ4n) is 1.82. The number of anilines is 3. The van der Waals surface area contributed by atoms with E-state index in [1.807, 2.05) is 32.0 Å². The topological polar surface area (TPSA) is 80.1 Å². The number of aromatic nitrogens is 1. The molecule has 0 saturated heterocycles. The van der Waals surface area contributed by atoms with E-state index >= 15 is 0 Å². The highest BCUT2D eigenvalue weighted by atomic mass is 16.6. The molecule has 1 heterocycles. The maximum atomic E-state index is 10.9. The van der Waals surface area contributed by atoms with Crippen LogP contribution in [0, 0.1) is 24.0 Å². The summed E-state index contributed by atoms with van der Waals surface area (Å²) in [6.07, 6.45) is 0. The van der Waals surface area contributed by atoms with Gasteiger partial charge >= 0.3 is 0 Å². The van der Waals surface area contributed by atoms with Crippen molar-refractivity contribution in [2.75, 3.05) is 17.7 Å². The Bertz CT molecular complexity index is 656. The zero-order chi connectivity index (χ0) is 14.7. The highest BCUT2D eigenvalue weighted by Crippen LogP contribution is 2.25. The Kier molecular flexibility index (Phi) is 3.84. The second kappa shape index (κ2) is 5.56. The van der Waals surface area contributed by atoms with Crippen molar-refractivity contribution in [3.63, 3.8) is 0 Å². The molecule has 104 valence electrons. The van der Waals surface area contributed by atoms with E-state index in [-0.39, 0.29) is 5.69 Å². The largest absolute Gasteiger partial charge is 0.373 e. The molecule has 1 aromatic carbocycles. The first-order valence-electron chi connectivity index (χ1n) is 6.18. The molecule has 0 spiro atoms. The SMILES string of the molecule is CNc1cc([N+](=O)[O-])cc(Nc2cc(C)ccc2C)n1. The second-order valence-electron chi connectivity index (χ2n) is 4.55. The molecule has 0 aliphatic carbocycles. The van der Waals surface area contributed by atoms with Gasteiger partial charge in [-0.05, 0) is 31.0 Å². The summed E-state index contributed by atoms with van der Waals surface area (Å²) in [5, 5.41) is 16.9. The molecule has 2 aromatic rings. The Morgan fingerprint density at radius 2 is 1.85 bits per heavy atom. The van der Waals surface area contributed by atoms with Crippen molar-refractivity contribution in [2.45, 2.75) is 13.8 Å². The minimum absolute atomic E-state index is 0.00263. The standard InChI is InChI=1S/C14H16N4O2/c1-9-4-5-10(2)12(6-9)16-14-8-11(18(19)20)7-13(15-3)17-14/h4-8H,1-3H3,(H2,15,16,17). The van der Waals surface area contributed by atoms with Gasteiger partial charge in [-0.1, -0.05) is 12.1 Å². The van der Waals surface area contributed by atoms with Gasteiger partial charge in [0.1, 0.15) is 11.6 Å². The first-order valence-corrected chi connectivity index (χ1v) is 6.18. The van der Waals surface area contributed by atoms with Gasteiger partial charge in [0, 0.05) is 12.7 Å². The van der Waals surface area contributed by atoms with Gasteiger partial charge in [-0.15, -0.1) is 0 Å². The molecule has 0 radical (unpaired) electrons. The molecule has 0 aliphatic heterocycles. The monoisotopic (exact) mass is 272 g/mol. The van der Waals surface area contributed by atoms with E-state index in [0.29, 0.717) is 11.6 Å². The quantitative estimate of drug-likeness (QED) is 0.658. The van der Waals surface area contributed by atoms with E-state index in [4.69, 9.17) is 0 Å². The number of aryl methyl sites for hydroxylation is 2. The van der Waals surface area contributed by atoms with Crippen LogP contribution in [0.3, 0.4) is 0 Å². The lowest BCUT2D eigenvalue weighted by molar-refractivity contribution is -0.384. The second-order valence-corrected chi connectivity index (χ2v) is 4.55. The first kappa shape index (κ1) is 13.8.